The van der Waals surface area contributed by atoms with Crippen molar-refractivity contribution in [1.82, 2.24) is 19.4 Å². The molecule has 1 N–H and O–H groups in total. The number of hydrogen-bond donors (Lipinski definition) is 1. The van der Waals surface area contributed by atoms with Gasteiger partial charge < -0.3 is 14.8 Å². The molecule has 1 saturated heterocycles. The second-order valence-corrected chi connectivity index (χ2v) is 6.79. The Balaban J connectivity index is 1.51. The van der Waals surface area contributed by atoms with Gasteiger partial charge in [0, 0.05) is 37.4 Å². The molecule has 1 atom stereocenters. The average molecular weight is 349 g/mol. The fourth-order valence-electron chi connectivity index (χ4n) is 3.68. The number of aryl methyl sites for hydroxylation is 2. The van der Waals surface area contributed by atoms with E-state index in [1.54, 1.807) is 6.20 Å². The Kier molecular flexibility index (Phi) is 4.32. The van der Waals surface area contributed by atoms with Gasteiger partial charge in [-0.15, -0.1) is 0 Å². The zero-order valence-electron chi connectivity index (χ0n) is 15.1. The average Bonchev–Trinajstić information content (AvgIpc) is 3.26. The van der Waals surface area contributed by atoms with Crippen LogP contribution in [-0.4, -0.2) is 38.6 Å². The van der Waals surface area contributed by atoms with Crippen molar-refractivity contribution in [2.24, 2.45) is 0 Å². The zero-order valence-corrected chi connectivity index (χ0v) is 15.1. The lowest BCUT2D eigenvalue weighted by atomic mass is 10.1. The number of hydrogen-bond acceptors (Lipinski definition) is 3. The minimum Gasteiger partial charge on any atom is -0.324 e. The van der Waals surface area contributed by atoms with E-state index in [2.05, 4.69) is 21.8 Å². The van der Waals surface area contributed by atoms with Crippen molar-refractivity contribution >= 4 is 22.9 Å². The molecule has 0 spiro atoms. The third kappa shape index (κ3) is 3.03. The van der Waals surface area contributed by atoms with Crippen molar-refractivity contribution in [3.63, 3.8) is 0 Å². The smallest absolute Gasteiger partial charge is 0.321 e. The number of pyridine rings is 1. The summed E-state index contributed by atoms with van der Waals surface area (Å²) < 4.78 is 2.17. The Morgan fingerprint density at radius 2 is 2.19 bits per heavy atom. The number of nitrogens with one attached hydrogen (secondary N) is 1. The standard InChI is InChI=1S/C20H23N5O/c1-3-25-18(23-17-8-5-10-21-19(17)25)15-9-11-24(13-15)20(26)22-16-7-4-6-14(2)12-16/h4-8,10,12,15H,3,9,11,13H2,1-2H3,(H,22,26)/t15-/m0/s1. The van der Waals surface area contributed by atoms with Crippen LogP contribution in [0, 0.1) is 6.92 Å². The van der Waals surface area contributed by atoms with Gasteiger partial charge in [-0.1, -0.05) is 12.1 Å². The number of aromatic nitrogens is 3. The van der Waals surface area contributed by atoms with Gasteiger partial charge in [0.05, 0.1) is 0 Å². The lowest BCUT2D eigenvalue weighted by molar-refractivity contribution is 0.222. The summed E-state index contributed by atoms with van der Waals surface area (Å²) in [7, 11) is 0. The number of carbonyl (C=O) groups excluding carboxylic acids is 1. The van der Waals surface area contributed by atoms with Crippen molar-refractivity contribution in [2.75, 3.05) is 18.4 Å². The topological polar surface area (TPSA) is 63.1 Å². The van der Waals surface area contributed by atoms with Crippen LogP contribution in [0.5, 0.6) is 0 Å². The van der Waals surface area contributed by atoms with Gasteiger partial charge in [-0.2, -0.15) is 0 Å². The quantitative estimate of drug-likeness (QED) is 0.783. The van der Waals surface area contributed by atoms with Crippen LogP contribution in [0.25, 0.3) is 11.2 Å². The van der Waals surface area contributed by atoms with Crippen LogP contribution in [0.15, 0.2) is 42.6 Å². The van der Waals surface area contributed by atoms with Crippen molar-refractivity contribution < 1.29 is 4.79 Å². The highest BCUT2D eigenvalue weighted by molar-refractivity contribution is 5.89. The highest BCUT2D eigenvalue weighted by atomic mass is 16.2. The molecule has 6 heteroatoms. The summed E-state index contributed by atoms with van der Waals surface area (Å²) in [5.41, 5.74) is 3.81. The summed E-state index contributed by atoms with van der Waals surface area (Å²) in [5.74, 6) is 1.28. The van der Waals surface area contributed by atoms with Gasteiger partial charge in [0.2, 0.25) is 0 Å². The number of anilines is 1. The van der Waals surface area contributed by atoms with E-state index in [9.17, 15) is 4.79 Å². The predicted molar refractivity (Wildman–Crippen MR) is 102 cm³/mol. The van der Waals surface area contributed by atoms with Crippen molar-refractivity contribution in [2.45, 2.75) is 32.7 Å². The molecular formula is C20H23N5O. The molecule has 0 saturated carbocycles. The SMILES string of the molecule is CCn1c([C@H]2CCN(C(=O)Nc3cccc(C)c3)C2)nc2cccnc21. The largest absolute Gasteiger partial charge is 0.324 e. The summed E-state index contributed by atoms with van der Waals surface area (Å²) in [6, 6.07) is 11.7. The third-order valence-electron chi connectivity index (χ3n) is 4.96. The molecule has 0 unspecified atom stereocenters. The molecule has 2 amide bonds. The van der Waals surface area contributed by atoms with Gasteiger partial charge in [0.1, 0.15) is 11.3 Å². The van der Waals surface area contributed by atoms with Gasteiger partial charge in [-0.25, -0.2) is 14.8 Å². The summed E-state index contributed by atoms with van der Waals surface area (Å²) in [6.45, 7) is 6.37. The van der Waals surface area contributed by atoms with E-state index >= 15 is 0 Å². The van der Waals surface area contributed by atoms with E-state index in [0.29, 0.717) is 6.54 Å². The number of carbonyl (C=O) groups is 1. The third-order valence-corrected chi connectivity index (χ3v) is 4.96. The van der Waals surface area contributed by atoms with E-state index < -0.39 is 0 Å². The Bertz CT molecular complexity index is 948. The molecule has 4 rings (SSSR count). The molecule has 0 bridgehead atoms. The van der Waals surface area contributed by atoms with Crippen LogP contribution in [0.2, 0.25) is 0 Å². The Morgan fingerprint density at radius 3 is 3.00 bits per heavy atom. The molecule has 0 aliphatic carbocycles. The highest BCUT2D eigenvalue weighted by Crippen LogP contribution is 2.29. The van der Waals surface area contributed by atoms with Crippen molar-refractivity contribution in [3.05, 3.63) is 54.0 Å². The Labute approximate surface area is 152 Å². The second-order valence-electron chi connectivity index (χ2n) is 6.79. The number of fused-ring (bicyclic) bond motifs is 1. The van der Waals surface area contributed by atoms with Crippen LogP contribution in [0.4, 0.5) is 10.5 Å². The fourth-order valence-corrected chi connectivity index (χ4v) is 3.68. The lowest BCUT2D eigenvalue weighted by Gasteiger charge is -2.18. The second kappa shape index (κ2) is 6.78. The van der Waals surface area contributed by atoms with E-state index in [0.717, 1.165) is 47.7 Å². The first-order chi connectivity index (χ1) is 12.7. The molecule has 6 nitrogen and oxygen atoms in total. The van der Waals surface area contributed by atoms with Crippen LogP contribution < -0.4 is 5.32 Å². The van der Waals surface area contributed by atoms with Gasteiger partial charge in [0.25, 0.3) is 0 Å². The zero-order chi connectivity index (χ0) is 18.1. The monoisotopic (exact) mass is 349 g/mol. The van der Waals surface area contributed by atoms with E-state index in [1.807, 2.05) is 48.2 Å². The van der Waals surface area contributed by atoms with Gasteiger partial charge in [-0.05, 0) is 50.1 Å². The Morgan fingerprint density at radius 1 is 1.31 bits per heavy atom. The number of urea groups is 1. The molecule has 0 radical (unpaired) electrons. The van der Waals surface area contributed by atoms with Crippen molar-refractivity contribution in [1.29, 1.82) is 0 Å². The minimum atomic E-state index is -0.0459. The maximum absolute atomic E-state index is 12.6. The van der Waals surface area contributed by atoms with Crippen LogP contribution in [0.1, 0.15) is 30.7 Å². The van der Waals surface area contributed by atoms with E-state index in [-0.39, 0.29) is 11.9 Å². The first kappa shape index (κ1) is 16.6. The molecule has 1 aliphatic heterocycles. The molecule has 26 heavy (non-hydrogen) atoms. The van der Waals surface area contributed by atoms with E-state index in [4.69, 9.17) is 4.98 Å². The summed E-state index contributed by atoms with van der Waals surface area (Å²) in [4.78, 5) is 23.7. The van der Waals surface area contributed by atoms with Crippen LogP contribution in [-0.2, 0) is 6.54 Å². The molecule has 134 valence electrons. The van der Waals surface area contributed by atoms with Crippen LogP contribution in [0.3, 0.4) is 0 Å². The normalized spacial score (nSPS) is 17.0. The van der Waals surface area contributed by atoms with Gasteiger partial charge in [0.15, 0.2) is 5.65 Å². The number of nitrogens with zero attached hydrogens (tertiary/aromatic N) is 4. The molecule has 3 aromatic rings. The van der Waals surface area contributed by atoms with Gasteiger partial charge >= 0.3 is 6.03 Å². The number of rotatable bonds is 3. The number of benzene rings is 1. The lowest BCUT2D eigenvalue weighted by Crippen LogP contribution is -2.33. The minimum absolute atomic E-state index is 0.0459. The maximum Gasteiger partial charge on any atom is 0.321 e. The predicted octanol–water partition coefficient (Wildman–Crippen LogP) is 3.78. The number of imidazole rings is 1. The first-order valence-electron chi connectivity index (χ1n) is 9.09. The fraction of sp³-hybridized carbons (Fsp3) is 0.350. The molecule has 1 aromatic carbocycles. The molecule has 1 aliphatic rings. The summed E-state index contributed by atoms with van der Waals surface area (Å²) >= 11 is 0. The van der Waals surface area contributed by atoms with Gasteiger partial charge in [-0.3, -0.25) is 0 Å². The summed E-state index contributed by atoms with van der Waals surface area (Å²) in [5, 5.41) is 3.00. The molecule has 2 aromatic heterocycles. The van der Waals surface area contributed by atoms with Crippen molar-refractivity contribution in [3.8, 4) is 0 Å². The first-order valence-corrected chi connectivity index (χ1v) is 9.09. The number of amides is 2. The Hall–Kier alpha value is -2.89. The van der Waals surface area contributed by atoms with Crippen LogP contribution >= 0.6 is 0 Å². The molecular weight excluding hydrogens is 326 g/mol. The van der Waals surface area contributed by atoms with E-state index in [1.165, 1.54) is 0 Å². The number of likely N-dealkylation sites (tertiary alicyclic amines) is 1. The highest BCUT2D eigenvalue weighted by Gasteiger charge is 2.31. The maximum atomic E-state index is 12.6. The summed E-state index contributed by atoms with van der Waals surface area (Å²) in [6.07, 6.45) is 2.72. The molecule has 1 fully saturated rings. The molecule has 3 heterocycles.